The molecule has 3 atom stereocenters. The second kappa shape index (κ2) is 6.37. The van der Waals surface area contributed by atoms with Gasteiger partial charge in [0.05, 0.1) is 30.9 Å². The van der Waals surface area contributed by atoms with Crippen LogP contribution < -0.4 is 0 Å². The average Bonchev–Trinajstić information content (AvgIpc) is 3.44. The van der Waals surface area contributed by atoms with E-state index in [-0.39, 0.29) is 18.0 Å². The van der Waals surface area contributed by atoms with Crippen LogP contribution in [0.3, 0.4) is 0 Å². The van der Waals surface area contributed by atoms with Crippen molar-refractivity contribution in [2.45, 2.75) is 62.9 Å². The SMILES string of the molecule is O=C1C[C@H]2N(Cc3nc4c(s3)CCCC4)CC[C@]23OC[C@@H](c2ccccc2)N13. The van der Waals surface area contributed by atoms with E-state index >= 15 is 0 Å². The summed E-state index contributed by atoms with van der Waals surface area (Å²) in [5.41, 5.74) is 2.07. The molecule has 4 heterocycles. The van der Waals surface area contributed by atoms with Crippen LogP contribution in [0.4, 0.5) is 0 Å². The second-order valence-corrected chi connectivity index (χ2v) is 9.64. The first-order chi connectivity index (χ1) is 13.7. The first-order valence-electron chi connectivity index (χ1n) is 10.5. The van der Waals surface area contributed by atoms with Crippen molar-refractivity contribution in [3.05, 3.63) is 51.5 Å². The first kappa shape index (κ1) is 17.1. The average molecular weight is 396 g/mol. The van der Waals surface area contributed by atoms with Crippen LogP contribution >= 0.6 is 11.3 Å². The van der Waals surface area contributed by atoms with Crippen LogP contribution in [0.25, 0.3) is 0 Å². The molecule has 0 N–H and O–H groups in total. The standard InChI is InChI=1S/C22H25N3O2S/c26-21-12-19-22(25(21)17(14-27-22)15-6-2-1-3-7-15)10-11-24(19)13-20-23-16-8-4-5-9-18(16)28-20/h1-3,6-7,17,19H,4-5,8-14H2/t17-,19+,22-/m0/s1. The highest BCUT2D eigenvalue weighted by Crippen LogP contribution is 2.51. The predicted molar refractivity (Wildman–Crippen MR) is 107 cm³/mol. The van der Waals surface area contributed by atoms with E-state index in [0.29, 0.717) is 13.0 Å². The Labute approximate surface area is 169 Å². The quantitative estimate of drug-likeness (QED) is 0.800. The number of fused-ring (bicyclic) bond motifs is 1. The van der Waals surface area contributed by atoms with Crippen molar-refractivity contribution >= 4 is 17.2 Å². The van der Waals surface area contributed by atoms with Gasteiger partial charge < -0.3 is 9.64 Å². The van der Waals surface area contributed by atoms with Gasteiger partial charge >= 0.3 is 0 Å². The van der Waals surface area contributed by atoms with Gasteiger partial charge in [-0.25, -0.2) is 4.98 Å². The number of nitrogens with zero attached hydrogens (tertiary/aromatic N) is 3. The molecule has 1 spiro atoms. The molecule has 3 saturated heterocycles. The van der Waals surface area contributed by atoms with Crippen LogP contribution in [0.5, 0.6) is 0 Å². The van der Waals surface area contributed by atoms with Crippen molar-refractivity contribution in [1.82, 2.24) is 14.8 Å². The van der Waals surface area contributed by atoms with Gasteiger partial charge in [-0.05, 0) is 31.2 Å². The molecule has 1 amide bonds. The zero-order chi connectivity index (χ0) is 18.7. The lowest BCUT2D eigenvalue weighted by Crippen LogP contribution is -2.48. The third-order valence-electron chi connectivity index (χ3n) is 6.98. The number of hydrogen-bond acceptors (Lipinski definition) is 5. The van der Waals surface area contributed by atoms with E-state index in [2.05, 4.69) is 21.9 Å². The summed E-state index contributed by atoms with van der Waals surface area (Å²) in [6.07, 6.45) is 6.35. The molecule has 1 aromatic heterocycles. The lowest BCUT2D eigenvalue weighted by Gasteiger charge is -2.33. The fraction of sp³-hybridized carbons (Fsp3) is 0.545. The minimum absolute atomic E-state index is 0.0471. The van der Waals surface area contributed by atoms with E-state index in [1.54, 1.807) is 0 Å². The lowest BCUT2D eigenvalue weighted by molar-refractivity contribution is -0.138. The number of likely N-dealkylation sites (tertiary alicyclic amines) is 1. The van der Waals surface area contributed by atoms with Gasteiger partial charge in [-0.3, -0.25) is 9.69 Å². The summed E-state index contributed by atoms with van der Waals surface area (Å²) in [5, 5.41) is 1.22. The second-order valence-electron chi connectivity index (χ2n) is 8.47. The number of carbonyl (C=O) groups excluding carboxylic acids is 1. The molecule has 1 aromatic carbocycles. The molecule has 3 fully saturated rings. The summed E-state index contributed by atoms with van der Waals surface area (Å²) >= 11 is 1.89. The molecule has 0 bridgehead atoms. The van der Waals surface area contributed by atoms with Crippen molar-refractivity contribution in [1.29, 1.82) is 0 Å². The van der Waals surface area contributed by atoms with Crippen molar-refractivity contribution < 1.29 is 9.53 Å². The summed E-state index contributed by atoms with van der Waals surface area (Å²) in [7, 11) is 0. The first-order valence-corrected chi connectivity index (χ1v) is 11.3. The van der Waals surface area contributed by atoms with Crippen LogP contribution in [-0.2, 0) is 28.9 Å². The smallest absolute Gasteiger partial charge is 0.227 e. The monoisotopic (exact) mass is 395 g/mol. The third kappa shape index (κ3) is 2.44. The molecule has 4 aliphatic rings. The maximum atomic E-state index is 13.0. The Morgan fingerprint density at radius 3 is 2.93 bits per heavy atom. The normalized spacial score (nSPS) is 31.9. The predicted octanol–water partition coefficient (Wildman–Crippen LogP) is 3.30. The van der Waals surface area contributed by atoms with E-state index < -0.39 is 5.72 Å². The van der Waals surface area contributed by atoms with Gasteiger partial charge in [0.25, 0.3) is 0 Å². The van der Waals surface area contributed by atoms with Crippen LogP contribution in [0.2, 0.25) is 0 Å². The number of rotatable bonds is 3. The molecule has 2 aromatic rings. The Bertz CT molecular complexity index is 890. The molecule has 6 heteroatoms. The lowest BCUT2D eigenvalue weighted by atomic mass is 10.0. The van der Waals surface area contributed by atoms with Gasteiger partial charge in [0.1, 0.15) is 5.01 Å². The van der Waals surface area contributed by atoms with Crippen LogP contribution in [0, 0.1) is 0 Å². The topological polar surface area (TPSA) is 45.7 Å². The molecule has 146 valence electrons. The fourth-order valence-corrected chi connectivity index (χ4v) is 6.87. The van der Waals surface area contributed by atoms with Gasteiger partial charge in [0, 0.05) is 24.3 Å². The van der Waals surface area contributed by atoms with Crippen molar-refractivity contribution in [3.8, 4) is 0 Å². The van der Waals surface area contributed by atoms with Crippen molar-refractivity contribution in [2.24, 2.45) is 0 Å². The fourth-order valence-electron chi connectivity index (χ4n) is 5.69. The minimum Gasteiger partial charge on any atom is -0.351 e. The maximum absolute atomic E-state index is 13.0. The van der Waals surface area contributed by atoms with E-state index in [9.17, 15) is 4.79 Å². The summed E-state index contributed by atoms with van der Waals surface area (Å²) in [6.45, 7) is 2.43. The van der Waals surface area contributed by atoms with Gasteiger partial charge in [-0.15, -0.1) is 11.3 Å². The number of hydrogen-bond donors (Lipinski definition) is 0. The largest absolute Gasteiger partial charge is 0.351 e. The number of aromatic nitrogens is 1. The van der Waals surface area contributed by atoms with Gasteiger partial charge in [-0.1, -0.05) is 30.3 Å². The molecule has 28 heavy (non-hydrogen) atoms. The molecule has 5 nitrogen and oxygen atoms in total. The van der Waals surface area contributed by atoms with E-state index in [1.807, 2.05) is 29.5 Å². The summed E-state index contributed by atoms with van der Waals surface area (Å²) in [5.74, 6) is 0.236. The van der Waals surface area contributed by atoms with E-state index in [0.717, 1.165) is 25.9 Å². The zero-order valence-corrected chi connectivity index (χ0v) is 16.8. The zero-order valence-electron chi connectivity index (χ0n) is 16.0. The van der Waals surface area contributed by atoms with Gasteiger partial charge in [0.2, 0.25) is 5.91 Å². The number of carbonyl (C=O) groups is 1. The maximum Gasteiger partial charge on any atom is 0.227 e. The molecular formula is C22H25N3O2S. The highest BCUT2D eigenvalue weighted by molar-refractivity contribution is 7.11. The number of ether oxygens (including phenoxy) is 1. The molecule has 6 rings (SSSR count). The molecular weight excluding hydrogens is 370 g/mol. The number of benzene rings is 1. The molecule has 0 radical (unpaired) electrons. The summed E-state index contributed by atoms with van der Waals surface area (Å²) in [4.78, 5) is 24.0. The van der Waals surface area contributed by atoms with E-state index in [1.165, 1.54) is 40.4 Å². The summed E-state index contributed by atoms with van der Waals surface area (Å²) in [6, 6.07) is 10.5. The third-order valence-corrected chi connectivity index (χ3v) is 8.12. The number of thiazole rings is 1. The highest BCUT2D eigenvalue weighted by Gasteiger charge is 2.64. The Hall–Kier alpha value is -1.76. The Morgan fingerprint density at radius 1 is 1.21 bits per heavy atom. The van der Waals surface area contributed by atoms with Crippen LogP contribution in [0.1, 0.15) is 52.9 Å². The molecule has 0 unspecified atom stereocenters. The van der Waals surface area contributed by atoms with Crippen LogP contribution in [0.15, 0.2) is 30.3 Å². The van der Waals surface area contributed by atoms with E-state index in [4.69, 9.17) is 9.72 Å². The van der Waals surface area contributed by atoms with Gasteiger partial charge in [-0.2, -0.15) is 0 Å². The minimum atomic E-state index is -0.436. The Balaban J connectivity index is 1.26. The van der Waals surface area contributed by atoms with Crippen molar-refractivity contribution in [3.63, 3.8) is 0 Å². The molecule has 1 aliphatic carbocycles. The number of amides is 1. The highest BCUT2D eigenvalue weighted by atomic mass is 32.1. The summed E-state index contributed by atoms with van der Waals surface area (Å²) < 4.78 is 6.42. The molecule has 0 saturated carbocycles. The Morgan fingerprint density at radius 2 is 2.07 bits per heavy atom. The molecule has 3 aliphatic heterocycles. The van der Waals surface area contributed by atoms with Crippen LogP contribution in [-0.4, -0.2) is 45.6 Å². The van der Waals surface area contributed by atoms with Gasteiger partial charge in [0.15, 0.2) is 5.72 Å². The number of aryl methyl sites for hydroxylation is 2. The Kier molecular flexibility index (Phi) is 3.90. The van der Waals surface area contributed by atoms with Crippen molar-refractivity contribution in [2.75, 3.05) is 13.2 Å².